The molecule has 0 saturated carbocycles. The maximum Gasteiger partial charge on any atom is 0.234 e. The first-order valence-electron chi connectivity index (χ1n) is 15.7. The van der Waals surface area contributed by atoms with Crippen LogP contribution in [0.4, 0.5) is 0 Å². The van der Waals surface area contributed by atoms with Gasteiger partial charge in [0.1, 0.15) is 5.75 Å². The molecule has 4 atom stereocenters. The lowest BCUT2D eigenvalue weighted by Crippen LogP contribution is -2.47. The monoisotopic (exact) mass is 622 g/mol. The van der Waals surface area contributed by atoms with Gasteiger partial charge in [-0.15, -0.1) is 0 Å². The maximum atomic E-state index is 13.9. The van der Waals surface area contributed by atoms with E-state index >= 15 is 0 Å². The molecule has 0 bridgehead atoms. The topological polar surface area (TPSA) is 122 Å². The van der Waals surface area contributed by atoms with Crippen LogP contribution in [0.5, 0.6) is 5.75 Å². The molecular weight excluding hydrogens is 580 g/mol. The van der Waals surface area contributed by atoms with Crippen molar-refractivity contribution in [2.45, 2.75) is 64.1 Å². The van der Waals surface area contributed by atoms with Crippen LogP contribution in [0.25, 0.3) is 6.08 Å². The Morgan fingerprint density at radius 2 is 1.80 bits per heavy atom. The number of nitrogens with zero attached hydrogens (tertiary/aromatic N) is 2. The SMILES string of the molecule is CC/C(=C\c1ccc(O)cc1Cl)CC[C@@H](O)C1=C(CO)C[C@H]2C(=O)N(C3CCN(Cc4ccccc4)CC3)C(=O)[C@H]2[C@H]1CO. The Labute approximate surface area is 264 Å². The number of benzene rings is 2. The molecule has 0 radical (unpaired) electrons. The highest BCUT2D eigenvalue weighted by atomic mass is 35.5. The molecule has 236 valence electrons. The predicted octanol–water partition coefficient (Wildman–Crippen LogP) is 4.55. The summed E-state index contributed by atoms with van der Waals surface area (Å²) in [6.07, 6.45) is 4.13. The number of rotatable bonds is 11. The predicted molar refractivity (Wildman–Crippen MR) is 170 cm³/mol. The molecule has 2 fully saturated rings. The fourth-order valence-electron chi connectivity index (χ4n) is 7.35. The summed E-state index contributed by atoms with van der Waals surface area (Å²) in [6.45, 7) is 3.67. The molecule has 2 saturated heterocycles. The van der Waals surface area contributed by atoms with Crippen LogP contribution in [0, 0.1) is 17.8 Å². The van der Waals surface area contributed by atoms with E-state index in [1.807, 2.05) is 31.2 Å². The van der Waals surface area contributed by atoms with E-state index in [0.29, 0.717) is 41.9 Å². The highest BCUT2D eigenvalue weighted by molar-refractivity contribution is 6.32. The number of allylic oxidation sites excluding steroid dienone is 1. The number of imide groups is 1. The Bertz CT molecular complexity index is 1400. The van der Waals surface area contributed by atoms with E-state index in [2.05, 4.69) is 17.0 Å². The number of carbonyl (C=O) groups excluding carboxylic acids is 2. The van der Waals surface area contributed by atoms with Crippen molar-refractivity contribution in [2.75, 3.05) is 26.3 Å². The van der Waals surface area contributed by atoms with Crippen molar-refractivity contribution in [3.63, 3.8) is 0 Å². The molecule has 3 aliphatic rings. The van der Waals surface area contributed by atoms with Crippen molar-refractivity contribution in [1.82, 2.24) is 9.80 Å². The normalized spacial score (nSPS) is 24.2. The van der Waals surface area contributed by atoms with Gasteiger partial charge in [-0.1, -0.05) is 60.5 Å². The van der Waals surface area contributed by atoms with Gasteiger partial charge < -0.3 is 20.4 Å². The van der Waals surface area contributed by atoms with Crippen molar-refractivity contribution < 1.29 is 30.0 Å². The molecule has 2 amide bonds. The van der Waals surface area contributed by atoms with Gasteiger partial charge in [-0.2, -0.15) is 0 Å². The van der Waals surface area contributed by atoms with Gasteiger partial charge in [-0.25, -0.2) is 0 Å². The number of hydrogen-bond acceptors (Lipinski definition) is 7. The first-order chi connectivity index (χ1) is 21.2. The van der Waals surface area contributed by atoms with Gasteiger partial charge in [-0.05, 0) is 79.0 Å². The molecule has 5 rings (SSSR count). The molecule has 2 aromatic rings. The van der Waals surface area contributed by atoms with E-state index < -0.39 is 23.9 Å². The van der Waals surface area contributed by atoms with E-state index in [9.17, 15) is 30.0 Å². The maximum absolute atomic E-state index is 13.9. The van der Waals surface area contributed by atoms with Crippen molar-refractivity contribution in [2.24, 2.45) is 17.8 Å². The molecule has 4 N–H and O–H groups in total. The summed E-state index contributed by atoms with van der Waals surface area (Å²) in [5.41, 5.74) is 4.07. The largest absolute Gasteiger partial charge is 0.508 e. The van der Waals surface area contributed by atoms with Crippen molar-refractivity contribution in [1.29, 1.82) is 0 Å². The first-order valence-corrected chi connectivity index (χ1v) is 16.1. The third-order valence-electron chi connectivity index (χ3n) is 9.67. The van der Waals surface area contributed by atoms with Crippen molar-refractivity contribution in [3.8, 4) is 5.75 Å². The van der Waals surface area contributed by atoms with Crippen LogP contribution < -0.4 is 0 Å². The Balaban J connectivity index is 1.28. The smallest absolute Gasteiger partial charge is 0.234 e. The van der Waals surface area contributed by atoms with Gasteiger partial charge in [0.05, 0.1) is 36.2 Å². The van der Waals surface area contributed by atoms with Crippen molar-refractivity contribution in [3.05, 3.63) is 81.4 Å². The second-order valence-electron chi connectivity index (χ2n) is 12.3. The third-order valence-corrected chi connectivity index (χ3v) is 10.0. The van der Waals surface area contributed by atoms with Gasteiger partial charge in [-0.3, -0.25) is 19.4 Å². The van der Waals surface area contributed by atoms with Crippen LogP contribution in [-0.4, -0.2) is 80.5 Å². The Kier molecular flexibility index (Phi) is 10.6. The van der Waals surface area contributed by atoms with E-state index in [1.54, 1.807) is 12.1 Å². The van der Waals surface area contributed by atoms with Gasteiger partial charge in [0, 0.05) is 31.6 Å². The molecule has 1 aliphatic carbocycles. The Morgan fingerprint density at radius 1 is 1.07 bits per heavy atom. The van der Waals surface area contributed by atoms with Gasteiger partial charge in [0.15, 0.2) is 0 Å². The molecule has 2 heterocycles. The number of likely N-dealkylation sites (tertiary alicyclic amines) is 2. The Morgan fingerprint density at radius 3 is 2.43 bits per heavy atom. The number of phenols is 1. The minimum Gasteiger partial charge on any atom is -0.508 e. The lowest BCUT2D eigenvalue weighted by atomic mass is 9.68. The number of aliphatic hydroxyl groups excluding tert-OH is 3. The average molecular weight is 623 g/mol. The zero-order chi connectivity index (χ0) is 31.4. The molecule has 2 aromatic carbocycles. The summed E-state index contributed by atoms with van der Waals surface area (Å²) < 4.78 is 0. The number of halogens is 1. The molecule has 0 spiro atoms. The molecule has 8 nitrogen and oxygen atoms in total. The number of aliphatic hydroxyl groups is 3. The zero-order valence-corrected chi connectivity index (χ0v) is 26.0. The number of hydrogen-bond donors (Lipinski definition) is 4. The van der Waals surface area contributed by atoms with Crippen LogP contribution in [0.1, 0.15) is 56.6 Å². The second kappa shape index (κ2) is 14.4. The van der Waals surface area contributed by atoms with Crippen LogP contribution in [0.3, 0.4) is 0 Å². The van der Waals surface area contributed by atoms with Crippen LogP contribution in [-0.2, 0) is 16.1 Å². The van der Waals surface area contributed by atoms with Crippen molar-refractivity contribution >= 4 is 29.5 Å². The number of aromatic hydroxyl groups is 1. The quantitative estimate of drug-likeness (QED) is 0.214. The third kappa shape index (κ3) is 6.80. The minimum atomic E-state index is -0.987. The fraction of sp³-hybridized carbons (Fsp3) is 0.486. The number of phenolic OH excluding ortho intramolecular Hbond substituents is 1. The second-order valence-corrected chi connectivity index (χ2v) is 12.7. The standard InChI is InChI=1S/C35H43ClN2O6/c1-2-22(16-24-9-10-27(41)18-30(24)36)8-11-31(42)32-25(20-39)17-28-33(29(32)21-40)35(44)38(34(28)43)26-12-14-37(15-13-26)19-23-6-4-3-5-7-23/h3-7,9-10,16,18,26,28-29,31,33,39-42H,2,8,11-15,17,19-21H2,1H3/b22-16+/t28-,29+,31-,33-/m1/s1. The lowest BCUT2D eigenvalue weighted by molar-refractivity contribution is -0.144. The van der Waals surface area contributed by atoms with Gasteiger partial charge in [0.2, 0.25) is 11.8 Å². The van der Waals surface area contributed by atoms with Crippen LogP contribution >= 0.6 is 11.6 Å². The fourth-order valence-corrected chi connectivity index (χ4v) is 7.58. The molecular formula is C35H43ClN2O6. The van der Waals surface area contributed by atoms with Crippen LogP contribution in [0.2, 0.25) is 5.02 Å². The molecule has 9 heteroatoms. The Hall–Kier alpha value is -3.01. The highest BCUT2D eigenvalue weighted by Gasteiger charge is 2.56. The number of fused-ring (bicyclic) bond motifs is 1. The van der Waals surface area contributed by atoms with E-state index in [-0.39, 0.29) is 43.2 Å². The summed E-state index contributed by atoms with van der Waals surface area (Å²) in [4.78, 5) is 31.4. The van der Waals surface area contributed by atoms with Gasteiger partial charge >= 0.3 is 0 Å². The van der Waals surface area contributed by atoms with E-state index in [1.165, 1.54) is 16.5 Å². The number of carbonyl (C=O) groups is 2. The zero-order valence-electron chi connectivity index (χ0n) is 25.2. The summed E-state index contributed by atoms with van der Waals surface area (Å²) in [6, 6.07) is 14.8. The van der Waals surface area contributed by atoms with Gasteiger partial charge in [0.25, 0.3) is 0 Å². The van der Waals surface area contributed by atoms with E-state index in [4.69, 9.17) is 11.6 Å². The summed E-state index contributed by atoms with van der Waals surface area (Å²) in [7, 11) is 0. The number of amides is 2. The average Bonchev–Trinajstić information content (AvgIpc) is 3.28. The summed E-state index contributed by atoms with van der Waals surface area (Å²) in [5, 5.41) is 42.4. The number of piperidine rings is 1. The molecule has 2 aliphatic heterocycles. The highest BCUT2D eigenvalue weighted by Crippen LogP contribution is 2.47. The minimum absolute atomic E-state index is 0.0850. The summed E-state index contributed by atoms with van der Waals surface area (Å²) >= 11 is 6.29. The molecule has 0 unspecified atom stereocenters. The first kappa shape index (κ1) is 32.4. The molecule has 0 aromatic heterocycles. The van der Waals surface area contributed by atoms with Crippen LogP contribution in [0.15, 0.2) is 65.3 Å². The molecule has 44 heavy (non-hydrogen) atoms. The summed E-state index contributed by atoms with van der Waals surface area (Å²) in [5.74, 6) is -2.51. The van der Waals surface area contributed by atoms with E-state index in [0.717, 1.165) is 37.2 Å². The lowest BCUT2D eigenvalue weighted by Gasteiger charge is -2.36.